The number of aromatic nitrogens is 1. The Kier molecular flexibility index (Phi) is 9.48. The Labute approximate surface area is 209 Å². The molecule has 2 N–H and O–H groups in total. The number of ketones is 2. The Balaban J connectivity index is 1.76. The molecule has 8 nitrogen and oxygen atoms in total. The molecular weight excluding hydrogens is 460 g/mol. The Morgan fingerprint density at radius 1 is 1.03 bits per heavy atom. The number of nitrogens with one attached hydrogen (secondary N) is 1. The first-order valence-electron chi connectivity index (χ1n) is 11.3. The van der Waals surface area contributed by atoms with E-state index in [0.29, 0.717) is 28.2 Å². The number of Topliss-reactive ketones (excluding diaryl/α,β-unsaturated/α-hetero) is 2. The number of methoxy groups -OCH3 is 2. The predicted molar refractivity (Wildman–Crippen MR) is 135 cm³/mol. The van der Waals surface area contributed by atoms with Crippen molar-refractivity contribution in [2.75, 3.05) is 20.8 Å². The Bertz CT molecular complexity index is 1220. The van der Waals surface area contributed by atoms with Crippen molar-refractivity contribution in [3.05, 3.63) is 95.3 Å². The molecule has 0 saturated carbocycles. The van der Waals surface area contributed by atoms with E-state index >= 15 is 0 Å². The zero-order valence-corrected chi connectivity index (χ0v) is 20.1. The first-order valence-corrected chi connectivity index (χ1v) is 11.3. The van der Waals surface area contributed by atoms with Crippen LogP contribution in [0, 0.1) is 0 Å². The van der Waals surface area contributed by atoms with Gasteiger partial charge in [-0.25, -0.2) is 0 Å². The molecule has 0 aliphatic carbocycles. The quantitative estimate of drug-likeness (QED) is 0.298. The van der Waals surface area contributed by atoms with Gasteiger partial charge in [0, 0.05) is 42.4 Å². The van der Waals surface area contributed by atoms with Crippen LogP contribution in [0.5, 0.6) is 11.5 Å². The highest BCUT2D eigenvalue weighted by Gasteiger charge is 2.21. The second kappa shape index (κ2) is 13.0. The van der Waals surface area contributed by atoms with Gasteiger partial charge in [0.15, 0.2) is 11.6 Å². The molecule has 3 aromatic rings. The Morgan fingerprint density at radius 2 is 1.81 bits per heavy atom. The van der Waals surface area contributed by atoms with E-state index in [1.54, 1.807) is 74.1 Å². The van der Waals surface area contributed by atoms with E-state index < -0.39 is 24.3 Å². The number of carbonyl (C=O) groups excluding carboxylic acids is 3. The third-order valence-electron chi connectivity index (χ3n) is 5.52. The number of ether oxygens (including phenoxy) is 2. The smallest absolute Gasteiger partial charge is 0.244 e. The Morgan fingerprint density at radius 3 is 2.44 bits per heavy atom. The highest BCUT2D eigenvalue weighted by molar-refractivity contribution is 5.98. The highest BCUT2D eigenvalue weighted by Crippen LogP contribution is 2.25. The molecule has 0 bridgehead atoms. The second-order valence-electron chi connectivity index (χ2n) is 7.99. The number of carbonyl (C=O) groups is 3. The van der Waals surface area contributed by atoms with Crippen molar-refractivity contribution < 1.29 is 29.0 Å². The molecule has 8 heteroatoms. The predicted octanol–water partition coefficient (Wildman–Crippen LogP) is 2.83. The van der Waals surface area contributed by atoms with Crippen LogP contribution in [0.1, 0.15) is 27.0 Å². The first kappa shape index (κ1) is 26.3. The average Bonchev–Trinajstić information content (AvgIpc) is 2.91. The van der Waals surface area contributed by atoms with E-state index in [0.717, 1.165) is 5.56 Å². The summed E-state index contributed by atoms with van der Waals surface area (Å²) in [6.07, 6.45) is 6.56. The molecule has 3 rings (SSSR count). The molecule has 36 heavy (non-hydrogen) atoms. The lowest BCUT2D eigenvalue weighted by Crippen LogP contribution is -2.42. The maximum atomic E-state index is 13.2. The van der Waals surface area contributed by atoms with Crippen LogP contribution in [0.3, 0.4) is 0 Å². The van der Waals surface area contributed by atoms with Crippen molar-refractivity contribution in [3.8, 4) is 11.5 Å². The maximum absolute atomic E-state index is 13.2. The zero-order chi connectivity index (χ0) is 25.9. The summed E-state index contributed by atoms with van der Waals surface area (Å²) in [5, 5.41) is 11.8. The number of hydrogen-bond acceptors (Lipinski definition) is 7. The summed E-state index contributed by atoms with van der Waals surface area (Å²) < 4.78 is 10.6. The van der Waals surface area contributed by atoms with Gasteiger partial charge in [-0.2, -0.15) is 0 Å². The average molecular weight is 489 g/mol. The number of aliphatic hydroxyl groups excluding tert-OH is 1. The monoisotopic (exact) mass is 488 g/mol. The molecule has 0 fully saturated rings. The standard InChI is InChI=1S/C28H28N2O6/c1-35-23-10-11-27(36-2)22(16-23)9-12-28(34)30-24(14-20-4-3-13-29-17-20)25(32)15-19-5-7-21(8-6-19)26(33)18-31/h3-13,16-17,24,31H,14-15,18H2,1-2H3,(H,30,34)/b12-9+/t24-/m0/s1. The number of benzene rings is 2. The number of aliphatic hydroxyl groups is 1. The van der Waals surface area contributed by atoms with Crippen molar-refractivity contribution in [2.45, 2.75) is 18.9 Å². The summed E-state index contributed by atoms with van der Waals surface area (Å²) in [5.74, 6) is 0.166. The molecule has 0 aliphatic rings. The van der Waals surface area contributed by atoms with Crippen LogP contribution in [0.4, 0.5) is 0 Å². The summed E-state index contributed by atoms with van der Waals surface area (Å²) in [4.78, 5) is 41.7. The van der Waals surface area contributed by atoms with Gasteiger partial charge in [-0.1, -0.05) is 30.3 Å². The van der Waals surface area contributed by atoms with E-state index in [-0.39, 0.29) is 18.6 Å². The SMILES string of the molecule is COc1ccc(OC)c(/C=C/C(=O)N[C@@H](Cc2cccnc2)C(=O)Cc2ccc(C(=O)CO)cc2)c1. The first-order chi connectivity index (χ1) is 17.4. The van der Waals surface area contributed by atoms with Crippen LogP contribution < -0.4 is 14.8 Å². The van der Waals surface area contributed by atoms with E-state index in [1.807, 2.05) is 6.07 Å². The summed E-state index contributed by atoms with van der Waals surface area (Å²) in [5.41, 5.74) is 2.52. The number of hydrogen-bond donors (Lipinski definition) is 2. The molecule has 0 radical (unpaired) electrons. The lowest BCUT2D eigenvalue weighted by atomic mass is 9.97. The molecule has 2 aromatic carbocycles. The van der Waals surface area contributed by atoms with Gasteiger partial charge in [0.05, 0.1) is 20.3 Å². The molecule has 0 unspecified atom stereocenters. The van der Waals surface area contributed by atoms with Gasteiger partial charge in [0.1, 0.15) is 18.1 Å². The van der Waals surface area contributed by atoms with Crippen molar-refractivity contribution in [1.82, 2.24) is 10.3 Å². The van der Waals surface area contributed by atoms with Gasteiger partial charge in [-0.05, 0) is 41.5 Å². The maximum Gasteiger partial charge on any atom is 0.244 e. The molecule has 1 atom stereocenters. The zero-order valence-electron chi connectivity index (χ0n) is 20.1. The van der Waals surface area contributed by atoms with Crippen molar-refractivity contribution >= 4 is 23.5 Å². The fourth-order valence-corrected chi connectivity index (χ4v) is 3.58. The number of nitrogens with zero attached hydrogens (tertiary/aromatic N) is 1. The topological polar surface area (TPSA) is 115 Å². The van der Waals surface area contributed by atoms with Crippen molar-refractivity contribution in [3.63, 3.8) is 0 Å². The van der Waals surface area contributed by atoms with Crippen molar-refractivity contribution in [1.29, 1.82) is 0 Å². The van der Waals surface area contributed by atoms with E-state index in [2.05, 4.69) is 10.3 Å². The number of rotatable bonds is 12. The van der Waals surface area contributed by atoms with Gasteiger partial charge in [0.2, 0.25) is 5.91 Å². The van der Waals surface area contributed by atoms with E-state index in [1.165, 1.54) is 13.2 Å². The summed E-state index contributed by atoms with van der Waals surface area (Å²) in [6.45, 7) is -0.577. The normalized spacial score (nSPS) is 11.6. The van der Waals surface area contributed by atoms with Crippen molar-refractivity contribution in [2.24, 2.45) is 0 Å². The third-order valence-corrected chi connectivity index (χ3v) is 5.52. The fraction of sp³-hybridized carbons (Fsp3) is 0.214. The highest BCUT2D eigenvalue weighted by atomic mass is 16.5. The Hall–Kier alpha value is -4.30. The second-order valence-corrected chi connectivity index (χ2v) is 7.99. The number of pyridine rings is 1. The largest absolute Gasteiger partial charge is 0.497 e. The van der Waals surface area contributed by atoms with Crippen LogP contribution >= 0.6 is 0 Å². The molecule has 186 valence electrons. The van der Waals surface area contributed by atoms with Gasteiger partial charge in [-0.15, -0.1) is 0 Å². The van der Waals surface area contributed by atoms with Crippen LogP contribution in [-0.4, -0.2) is 54.4 Å². The fourth-order valence-electron chi connectivity index (χ4n) is 3.58. The van der Waals surface area contributed by atoms with Crippen LogP contribution in [-0.2, 0) is 22.4 Å². The van der Waals surface area contributed by atoms with E-state index in [9.17, 15) is 14.4 Å². The molecule has 1 amide bonds. The van der Waals surface area contributed by atoms with Gasteiger partial charge in [0.25, 0.3) is 0 Å². The van der Waals surface area contributed by atoms with E-state index in [4.69, 9.17) is 14.6 Å². The lowest BCUT2D eigenvalue weighted by molar-refractivity contribution is -0.125. The molecular formula is C28H28N2O6. The summed E-state index contributed by atoms with van der Waals surface area (Å²) in [7, 11) is 3.09. The molecule has 0 saturated heterocycles. The van der Waals surface area contributed by atoms with Crippen LogP contribution in [0.15, 0.2) is 73.1 Å². The summed E-state index contributed by atoms with van der Waals surface area (Å²) in [6, 6.07) is 14.5. The minimum Gasteiger partial charge on any atom is -0.497 e. The minimum absolute atomic E-state index is 0.0617. The lowest BCUT2D eigenvalue weighted by Gasteiger charge is -2.17. The third kappa shape index (κ3) is 7.35. The van der Waals surface area contributed by atoms with Crippen LogP contribution in [0.2, 0.25) is 0 Å². The molecule has 0 aliphatic heterocycles. The molecule has 1 aromatic heterocycles. The van der Waals surface area contributed by atoms with Gasteiger partial charge < -0.3 is 19.9 Å². The van der Waals surface area contributed by atoms with Gasteiger partial charge in [-0.3, -0.25) is 19.4 Å². The summed E-state index contributed by atoms with van der Waals surface area (Å²) >= 11 is 0. The molecule has 0 spiro atoms. The van der Waals surface area contributed by atoms with Crippen LogP contribution in [0.25, 0.3) is 6.08 Å². The number of amides is 1. The molecule has 1 heterocycles. The minimum atomic E-state index is -0.794. The van der Waals surface area contributed by atoms with Gasteiger partial charge >= 0.3 is 0 Å².